The number of sulfone groups is 1. The van der Waals surface area contributed by atoms with Gasteiger partial charge in [-0.2, -0.15) is 0 Å². The Balaban J connectivity index is 1.82. The maximum Gasteiger partial charge on any atom is 0.309 e. The number of nitrogens with zero attached hydrogens (tertiary/aromatic N) is 2. The molecule has 0 atom stereocenters. The lowest BCUT2D eigenvalue weighted by molar-refractivity contribution is -0.148. The standard InChI is InChI=1S/C24H26N2O5S/c1-3-31-24(27)17-11-13-26(14-12-17)23-20-15-18(30-2)9-10-21(20)25-16-22(23)32(28,29)19-7-5-4-6-8-19/h4-10,15-17H,3,11-14H2,1-2H3. The predicted molar refractivity (Wildman–Crippen MR) is 122 cm³/mol. The molecule has 7 nitrogen and oxygen atoms in total. The van der Waals surface area contributed by atoms with Crippen LogP contribution in [0.15, 0.2) is 64.5 Å². The summed E-state index contributed by atoms with van der Waals surface area (Å²) < 4.78 is 37.7. The molecule has 0 amide bonds. The first-order valence-corrected chi connectivity index (χ1v) is 12.1. The van der Waals surface area contributed by atoms with Gasteiger partial charge in [-0.05, 0) is 50.1 Å². The van der Waals surface area contributed by atoms with Crippen molar-refractivity contribution in [1.82, 2.24) is 4.98 Å². The molecule has 1 saturated heterocycles. The van der Waals surface area contributed by atoms with Gasteiger partial charge in [0.15, 0.2) is 0 Å². The van der Waals surface area contributed by atoms with Crippen molar-refractivity contribution in [3.63, 3.8) is 0 Å². The first-order chi connectivity index (χ1) is 15.5. The van der Waals surface area contributed by atoms with Crippen molar-refractivity contribution in [2.24, 2.45) is 5.92 Å². The molecule has 1 aromatic heterocycles. The molecule has 0 radical (unpaired) electrons. The van der Waals surface area contributed by atoms with Crippen LogP contribution in [0.1, 0.15) is 19.8 Å². The van der Waals surface area contributed by atoms with Crippen LogP contribution in [0.3, 0.4) is 0 Å². The van der Waals surface area contributed by atoms with Crippen LogP contribution in [0.4, 0.5) is 5.69 Å². The van der Waals surface area contributed by atoms with E-state index in [1.54, 1.807) is 50.4 Å². The van der Waals surface area contributed by atoms with Crippen LogP contribution in [0.25, 0.3) is 10.9 Å². The van der Waals surface area contributed by atoms with Crippen LogP contribution in [-0.2, 0) is 19.4 Å². The number of benzene rings is 2. The zero-order valence-electron chi connectivity index (χ0n) is 18.2. The fourth-order valence-electron chi connectivity index (χ4n) is 4.11. The minimum atomic E-state index is -3.81. The molecular formula is C24H26N2O5S. The first kappa shape index (κ1) is 22.1. The quantitative estimate of drug-likeness (QED) is 0.523. The molecule has 0 unspecified atom stereocenters. The normalized spacial score (nSPS) is 15.0. The van der Waals surface area contributed by atoms with Crippen molar-refractivity contribution in [3.05, 3.63) is 54.7 Å². The van der Waals surface area contributed by atoms with Crippen molar-refractivity contribution in [2.45, 2.75) is 29.6 Å². The average Bonchev–Trinajstić information content (AvgIpc) is 2.83. The second-order valence-corrected chi connectivity index (χ2v) is 9.60. The molecule has 32 heavy (non-hydrogen) atoms. The van der Waals surface area contributed by atoms with Gasteiger partial charge < -0.3 is 14.4 Å². The molecule has 0 spiro atoms. The zero-order chi connectivity index (χ0) is 22.7. The Morgan fingerprint density at radius 3 is 2.50 bits per heavy atom. The van der Waals surface area contributed by atoms with Gasteiger partial charge in [0.1, 0.15) is 10.6 Å². The van der Waals surface area contributed by atoms with Gasteiger partial charge in [0.25, 0.3) is 0 Å². The van der Waals surface area contributed by atoms with Crippen molar-refractivity contribution < 1.29 is 22.7 Å². The molecule has 0 saturated carbocycles. The fraction of sp³-hybridized carbons (Fsp3) is 0.333. The summed E-state index contributed by atoms with van der Waals surface area (Å²) in [6.07, 6.45) is 2.62. The number of methoxy groups -OCH3 is 1. The number of pyridine rings is 1. The Hall–Kier alpha value is -3.13. The SMILES string of the molecule is CCOC(=O)C1CCN(c2c(S(=O)(=O)c3ccccc3)cnc3ccc(OC)cc23)CC1. The average molecular weight is 455 g/mol. The number of esters is 1. The van der Waals surface area contributed by atoms with Gasteiger partial charge in [-0.15, -0.1) is 0 Å². The number of hydrogen-bond donors (Lipinski definition) is 0. The predicted octanol–water partition coefficient (Wildman–Crippen LogP) is 3.86. The van der Waals surface area contributed by atoms with Gasteiger partial charge in [0.2, 0.25) is 9.84 Å². The number of ether oxygens (including phenoxy) is 2. The van der Waals surface area contributed by atoms with E-state index in [-0.39, 0.29) is 21.7 Å². The number of piperidine rings is 1. The van der Waals surface area contributed by atoms with E-state index in [0.717, 1.165) is 0 Å². The van der Waals surface area contributed by atoms with Gasteiger partial charge in [-0.3, -0.25) is 9.78 Å². The number of anilines is 1. The maximum absolute atomic E-state index is 13.6. The van der Waals surface area contributed by atoms with Gasteiger partial charge in [-0.25, -0.2) is 8.42 Å². The Kier molecular flexibility index (Phi) is 6.32. The van der Waals surface area contributed by atoms with E-state index in [9.17, 15) is 13.2 Å². The number of carbonyl (C=O) groups is 1. The number of hydrogen-bond acceptors (Lipinski definition) is 7. The van der Waals surface area contributed by atoms with E-state index >= 15 is 0 Å². The lowest BCUT2D eigenvalue weighted by Crippen LogP contribution is -2.37. The lowest BCUT2D eigenvalue weighted by Gasteiger charge is -2.34. The topological polar surface area (TPSA) is 85.8 Å². The van der Waals surface area contributed by atoms with E-state index < -0.39 is 9.84 Å². The van der Waals surface area contributed by atoms with Crippen LogP contribution in [-0.4, -0.2) is 46.2 Å². The van der Waals surface area contributed by atoms with Crippen LogP contribution < -0.4 is 9.64 Å². The van der Waals surface area contributed by atoms with Gasteiger partial charge in [-0.1, -0.05) is 18.2 Å². The lowest BCUT2D eigenvalue weighted by atomic mass is 9.96. The van der Waals surface area contributed by atoms with Crippen molar-refractivity contribution in [2.75, 3.05) is 31.7 Å². The molecule has 1 fully saturated rings. The summed E-state index contributed by atoms with van der Waals surface area (Å²) in [4.78, 5) is 19.0. The van der Waals surface area contributed by atoms with Crippen LogP contribution in [0.2, 0.25) is 0 Å². The summed E-state index contributed by atoms with van der Waals surface area (Å²) >= 11 is 0. The Bertz CT molecular complexity index is 1220. The Morgan fingerprint density at radius 2 is 1.84 bits per heavy atom. The minimum absolute atomic E-state index is 0.152. The highest BCUT2D eigenvalue weighted by Gasteiger charge is 2.31. The molecule has 8 heteroatoms. The van der Waals surface area contributed by atoms with E-state index in [1.807, 2.05) is 17.0 Å². The summed E-state index contributed by atoms with van der Waals surface area (Å²) in [7, 11) is -2.23. The monoisotopic (exact) mass is 454 g/mol. The first-order valence-electron chi connectivity index (χ1n) is 10.6. The number of aromatic nitrogens is 1. The van der Waals surface area contributed by atoms with Gasteiger partial charge in [0, 0.05) is 24.7 Å². The molecule has 0 aliphatic carbocycles. The zero-order valence-corrected chi connectivity index (χ0v) is 19.0. The Labute approximate surface area is 187 Å². The highest BCUT2D eigenvalue weighted by Crippen LogP contribution is 2.39. The summed E-state index contributed by atoms with van der Waals surface area (Å²) in [5, 5.41) is 0.705. The molecule has 1 aliphatic heterocycles. The highest BCUT2D eigenvalue weighted by atomic mass is 32.2. The molecule has 3 aromatic rings. The van der Waals surface area contributed by atoms with Crippen LogP contribution in [0, 0.1) is 5.92 Å². The largest absolute Gasteiger partial charge is 0.497 e. The molecule has 4 rings (SSSR count). The number of fused-ring (bicyclic) bond motifs is 1. The van der Waals surface area contributed by atoms with Crippen molar-refractivity contribution in [1.29, 1.82) is 0 Å². The number of rotatable bonds is 6. The van der Waals surface area contributed by atoms with Crippen LogP contribution in [0.5, 0.6) is 5.75 Å². The van der Waals surface area contributed by atoms with E-state index in [4.69, 9.17) is 9.47 Å². The molecule has 2 aromatic carbocycles. The molecule has 0 bridgehead atoms. The Morgan fingerprint density at radius 1 is 1.12 bits per heavy atom. The minimum Gasteiger partial charge on any atom is -0.497 e. The third kappa shape index (κ3) is 4.14. The maximum atomic E-state index is 13.6. The van der Waals surface area contributed by atoms with Gasteiger partial charge in [0.05, 0.1) is 35.7 Å². The molecule has 1 aliphatic rings. The van der Waals surface area contributed by atoms with Crippen LogP contribution >= 0.6 is 0 Å². The molecule has 168 valence electrons. The third-order valence-corrected chi connectivity index (χ3v) is 7.56. The van der Waals surface area contributed by atoms with Gasteiger partial charge >= 0.3 is 5.97 Å². The number of carbonyl (C=O) groups excluding carboxylic acids is 1. The smallest absolute Gasteiger partial charge is 0.309 e. The van der Waals surface area contributed by atoms with E-state index in [0.29, 0.717) is 54.9 Å². The highest BCUT2D eigenvalue weighted by molar-refractivity contribution is 7.91. The van der Waals surface area contributed by atoms with Crippen molar-refractivity contribution in [3.8, 4) is 5.75 Å². The molecular weight excluding hydrogens is 428 g/mol. The second kappa shape index (κ2) is 9.16. The molecule has 2 heterocycles. The summed E-state index contributed by atoms with van der Waals surface area (Å²) in [5.41, 5.74) is 1.28. The van der Waals surface area contributed by atoms with Crippen molar-refractivity contribution >= 4 is 32.4 Å². The fourth-order valence-corrected chi connectivity index (χ4v) is 5.57. The summed E-state index contributed by atoms with van der Waals surface area (Å²) in [6.45, 7) is 3.23. The summed E-state index contributed by atoms with van der Waals surface area (Å²) in [6, 6.07) is 13.8. The van der Waals surface area contributed by atoms with E-state index in [1.165, 1.54) is 6.20 Å². The second-order valence-electron chi connectivity index (χ2n) is 7.68. The van der Waals surface area contributed by atoms with E-state index in [2.05, 4.69) is 4.98 Å². The third-order valence-electron chi connectivity index (χ3n) is 5.79. The summed E-state index contributed by atoms with van der Waals surface area (Å²) in [5.74, 6) is 0.254. The molecule has 0 N–H and O–H groups in total.